The van der Waals surface area contributed by atoms with Crippen LogP contribution < -0.4 is 5.32 Å². The van der Waals surface area contributed by atoms with Crippen molar-refractivity contribution in [3.8, 4) is 5.69 Å². The number of rotatable bonds is 3. The summed E-state index contributed by atoms with van der Waals surface area (Å²) in [5.74, 6) is 2.71. The van der Waals surface area contributed by atoms with Crippen molar-refractivity contribution in [2.75, 3.05) is 5.32 Å². The van der Waals surface area contributed by atoms with Crippen molar-refractivity contribution in [2.24, 2.45) is 5.41 Å². The zero-order chi connectivity index (χ0) is 16.6. The van der Waals surface area contributed by atoms with Crippen molar-refractivity contribution >= 4 is 23.5 Å². The average Bonchev–Trinajstić information content (AvgIpc) is 3.00. The molecule has 122 valence electrons. The highest BCUT2D eigenvalue weighted by Gasteiger charge is 2.25. The molecule has 2 aromatic rings. The maximum Gasteiger partial charge on any atom is 0.226 e. The molecule has 5 heteroatoms. The Kier molecular flexibility index (Phi) is 4.23. The van der Waals surface area contributed by atoms with E-state index in [2.05, 4.69) is 45.1 Å². The second-order valence-electron chi connectivity index (χ2n) is 7.30. The van der Waals surface area contributed by atoms with Crippen LogP contribution in [-0.4, -0.2) is 15.7 Å². The van der Waals surface area contributed by atoms with Crippen LogP contribution in [0.5, 0.6) is 0 Å². The van der Waals surface area contributed by atoms with Gasteiger partial charge in [0, 0.05) is 23.5 Å². The second-order valence-corrected chi connectivity index (χ2v) is 8.29. The van der Waals surface area contributed by atoms with Gasteiger partial charge in [-0.05, 0) is 24.5 Å². The van der Waals surface area contributed by atoms with Crippen molar-refractivity contribution in [3.63, 3.8) is 0 Å². The molecule has 0 fully saturated rings. The Balaban J connectivity index is 1.95. The Morgan fingerprint density at radius 3 is 2.61 bits per heavy atom. The molecule has 0 aliphatic carbocycles. The van der Waals surface area contributed by atoms with Gasteiger partial charge in [0.05, 0.1) is 11.4 Å². The van der Waals surface area contributed by atoms with Gasteiger partial charge in [0.1, 0.15) is 5.82 Å². The van der Waals surface area contributed by atoms with Crippen LogP contribution >= 0.6 is 11.8 Å². The first kappa shape index (κ1) is 16.1. The van der Waals surface area contributed by atoms with Gasteiger partial charge in [-0.15, -0.1) is 0 Å². The molecular formula is C18H23N3OS. The predicted molar refractivity (Wildman–Crippen MR) is 96.0 cm³/mol. The first-order chi connectivity index (χ1) is 10.8. The maximum absolute atomic E-state index is 12.4. The number of benzene rings is 1. The topological polar surface area (TPSA) is 46.9 Å². The van der Waals surface area contributed by atoms with Gasteiger partial charge in [-0.1, -0.05) is 38.5 Å². The molecule has 1 aromatic carbocycles. The summed E-state index contributed by atoms with van der Waals surface area (Å²) in [7, 11) is 0. The van der Waals surface area contributed by atoms with Crippen LogP contribution in [0.3, 0.4) is 0 Å². The summed E-state index contributed by atoms with van der Waals surface area (Å²) in [5.41, 5.74) is 4.42. The minimum atomic E-state index is -0.0310. The molecule has 0 spiro atoms. The number of aryl methyl sites for hydroxylation is 1. The summed E-state index contributed by atoms with van der Waals surface area (Å²) in [4.78, 5) is 12.4. The molecule has 2 heterocycles. The maximum atomic E-state index is 12.4. The zero-order valence-electron chi connectivity index (χ0n) is 14.1. The predicted octanol–water partition coefficient (Wildman–Crippen LogP) is 4.30. The van der Waals surface area contributed by atoms with Gasteiger partial charge in [0.25, 0.3) is 0 Å². The van der Waals surface area contributed by atoms with Crippen LogP contribution in [0.25, 0.3) is 5.69 Å². The third kappa shape index (κ3) is 3.61. The van der Waals surface area contributed by atoms with Gasteiger partial charge in [-0.25, -0.2) is 4.68 Å². The number of aromatic nitrogens is 2. The number of hydrogen-bond donors (Lipinski definition) is 1. The van der Waals surface area contributed by atoms with Crippen LogP contribution in [0.4, 0.5) is 5.82 Å². The molecule has 0 bridgehead atoms. The number of anilines is 1. The first-order valence-electron chi connectivity index (χ1n) is 7.89. The molecule has 1 aliphatic rings. The van der Waals surface area contributed by atoms with Crippen molar-refractivity contribution in [3.05, 3.63) is 41.1 Å². The number of carbonyl (C=O) groups is 1. The van der Waals surface area contributed by atoms with E-state index in [0.717, 1.165) is 34.3 Å². The highest BCUT2D eigenvalue weighted by molar-refractivity contribution is 7.98. The van der Waals surface area contributed by atoms with Crippen LogP contribution in [0, 0.1) is 12.3 Å². The third-order valence-electron chi connectivity index (χ3n) is 3.78. The Morgan fingerprint density at radius 1 is 1.26 bits per heavy atom. The zero-order valence-corrected chi connectivity index (χ0v) is 15.0. The summed E-state index contributed by atoms with van der Waals surface area (Å²) < 4.78 is 1.88. The van der Waals surface area contributed by atoms with Crippen molar-refractivity contribution in [2.45, 2.75) is 45.6 Å². The fourth-order valence-electron chi connectivity index (χ4n) is 2.67. The number of nitrogens with zero attached hydrogens (tertiary/aromatic N) is 2. The number of carbonyl (C=O) groups excluding carboxylic acids is 1. The van der Waals surface area contributed by atoms with Gasteiger partial charge in [0.2, 0.25) is 5.91 Å². The summed E-state index contributed by atoms with van der Waals surface area (Å²) in [6, 6.07) is 8.23. The highest BCUT2D eigenvalue weighted by atomic mass is 32.2. The SMILES string of the molecule is Cc1ccc(-n2nc3c(c2NC(=O)CC(C)(C)C)CSC3)cc1. The Labute approximate surface area is 141 Å². The van der Waals surface area contributed by atoms with Crippen molar-refractivity contribution < 1.29 is 4.79 Å². The van der Waals surface area contributed by atoms with E-state index >= 15 is 0 Å². The number of nitrogens with one attached hydrogen (secondary N) is 1. The Morgan fingerprint density at radius 2 is 1.96 bits per heavy atom. The van der Waals surface area contributed by atoms with E-state index in [1.807, 2.05) is 28.6 Å². The molecule has 3 rings (SSSR count). The molecule has 1 aliphatic heterocycles. The summed E-state index contributed by atoms with van der Waals surface area (Å²) in [5, 5.41) is 7.83. The molecule has 0 saturated heterocycles. The Bertz CT molecular complexity index is 726. The number of hydrogen-bond acceptors (Lipinski definition) is 3. The van der Waals surface area contributed by atoms with E-state index in [1.54, 1.807) is 0 Å². The van der Waals surface area contributed by atoms with E-state index in [9.17, 15) is 4.79 Å². The lowest BCUT2D eigenvalue weighted by molar-refractivity contribution is -0.117. The van der Waals surface area contributed by atoms with Crippen LogP contribution in [0.15, 0.2) is 24.3 Å². The Hall–Kier alpha value is -1.75. The number of fused-ring (bicyclic) bond motifs is 1. The molecule has 0 radical (unpaired) electrons. The summed E-state index contributed by atoms with van der Waals surface area (Å²) in [6.45, 7) is 8.29. The highest BCUT2D eigenvalue weighted by Crippen LogP contribution is 2.36. The van der Waals surface area contributed by atoms with Crippen LogP contribution in [0.1, 0.15) is 44.0 Å². The third-order valence-corrected chi connectivity index (χ3v) is 4.75. The number of amides is 1. The lowest BCUT2D eigenvalue weighted by Gasteiger charge is -2.18. The van der Waals surface area contributed by atoms with E-state index in [1.165, 1.54) is 5.56 Å². The molecule has 1 amide bonds. The minimum absolute atomic E-state index is 0.0310. The van der Waals surface area contributed by atoms with Gasteiger partial charge in [0.15, 0.2) is 0 Å². The molecular weight excluding hydrogens is 306 g/mol. The van der Waals surface area contributed by atoms with Crippen LogP contribution in [0.2, 0.25) is 0 Å². The largest absolute Gasteiger partial charge is 0.310 e. The summed E-state index contributed by atoms with van der Waals surface area (Å²) >= 11 is 1.84. The average molecular weight is 329 g/mol. The van der Waals surface area contributed by atoms with Crippen LogP contribution in [-0.2, 0) is 16.3 Å². The van der Waals surface area contributed by atoms with Gasteiger partial charge >= 0.3 is 0 Å². The lowest BCUT2D eigenvalue weighted by atomic mass is 9.92. The molecule has 4 nitrogen and oxygen atoms in total. The van der Waals surface area contributed by atoms with Gasteiger partial charge < -0.3 is 5.32 Å². The summed E-state index contributed by atoms with van der Waals surface area (Å²) in [6.07, 6.45) is 0.494. The van der Waals surface area contributed by atoms with E-state index in [4.69, 9.17) is 5.10 Å². The lowest BCUT2D eigenvalue weighted by Crippen LogP contribution is -2.21. The fourth-order valence-corrected chi connectivity index (χ4v) is 3.71. The molecule has 0 saturated carbocycles. The smallest absolute Gasteiger partial charge is 0.226 e. The normalized spacial score (nSPS) is 13.9. The second kappa shape index (κ2) is 6.04. The van der Waals surface area contributed by atoms with Crippen molar-refractivity contribution in [1.29, 1.82) is 0 Å². The standard InChI is InChI=1S/C18H23N3OS/c1-12-5-7-13(8-6-12)21-17(14-10-23-11-15(14)20-21)19-16(22)9-18(2,3)4/h5-8H,9-11H2,1-4H3,(H,19,22). The van der Waals surface area contributed by atoms with E-state index in [0.29, 0.717) is 6.42 Å². The number of thioether (sulfide) groups is 1. The van der Waals surface area contributed by atoms with E-state index < -0.39 is 0 Å². The molecule has 0 unspecified atom stereocenters. The minimum Gasteiger partial charge on any atom is -0.310 e. The van der Waals surface area contributed by atoms with Gasteiger partial charge in [-0.2, -0.15) is 16.9 Å². The fraction of sp³-hybridized carbons (Fsp3) is 0.444. The molecule has 0 atom stereocenters. The molecule has 1 aromatic heterocycles. The van der Waals surface area contributed by atoms with E-state index in [-0.39, 0.29) is 11.3 Å². The first-order valence-corrected chi connectivity index (χ1v) is 9.04. The van der Waals surface area contributed by atoms with Gasteiger partial charge in [-0.3, -0.25) is 4.79 Å². The quantitative estimate of drug-likeness (QED) is 0.913. The monoisotopic (exact) mass is 329 g/mol. The molecule has 1 N–H and O–H groups in total. The molecule has 23 heavy (non-hydrogen) atoms. The van der Waals surface area contributed by atoms with Crippen molar-refractivity contribution in [1.82, 2.24) is 9.78 Å².